The summed E-state index contributed by atoms with van der Waals surface area (Å²) in [5.74, 6) is 0.325. The minimum absolute atomic E-state index is 0.0559. The molecule has 1 fully saturated rings. The first-order chi connectivity index (χ1) is 8.72. The van der Waals surface area contributed by atoms with Gasteiger partial charge < -0.3 is 15.4 Å². The Kier molecular flexibility index (Phi) is 4.02. The molecule has 1 saturated heterocycles. The number of thiazole rings is 1. The fourth-order valence-electron chi connectivity index (χ4n) is 3.06. The van der Waals surface area contributed by atoms with E-state index in [2.05, 4.69) is 50.0 Å². The maximum absolute atomic E-state index is 6.39. The van der Waals surface area contributed by atoms with Crippen molar-refractivity contribution in [2.24, 2.45) is 11.7 Å². The Hall–Kier alpha value is -0.490. The SMILES string of the molecule is CN(Cc1cscn1)CC1C(N)C(C)(C)OC1(C)C. The third-order valence-corrected chi connectivity index (χ3v) is 4.71. The average Bonchev–Trinajstić information content (AvgIpc) is 2.80. The number of rotatable bonds is 4. The predicted molar refractivity (Wildman–Crippen MR) is 79.2 cm³/mol. The van der Waals surface area contributed by atoms with Crippen LogP contribution in [0, 0.1) is 5.92 Å². The fourth-order valence-corrected chi connectivity index (χ4v) is 3.61. The van der Waals surface area contributed by atoms with Crippen molar-refractivity contribution >= 4 is 11.3 Å². The molecule has 1 aromatic heterocycles. The van der Waals surface area contributed by atoms with Crippen LogP contribution in [0.3, 0.4) is 0 Å². The van der Waals surface area contributed by atoms with E-state index >= 15 is 0 Å². The van der Waals surface area contributed by atoms with Gasteiger partial charge in [-0.2, -0.15) is 0 Å². The fraction of sp³-hybridized carbons (Fsp3) is 0.786. The molecule has 4 nitrogen and oxygen atoms in total. The van der Waals surface area contributed by atoms with Gasteiger partial charge in [-0.15, -0.1) is 11.3 Å². The molecule has 0 spiro atoms. The molecule has 5 heteroatoms. The Morgan fingerprint density at radius 1 is 1.37 bits per heavy atom. The van der Waals surface area contributed by atoms with Crippen molar-refractivity contribution in [1.82, 2.24) is 9.88 Å². The second-order valence-electron chi connectivity index (χ2n) is 6.62. The zero-order valence-corrected chi connectivity index (χ0v) is 13.3. The van der Waals surface area contributed by atoms with Gasteiger partial charge in [0.15, 0.2) is 0 Å². The molecule has 19 heavy (non-hydrogen) atoms. The van der Waals surface area contributed by atoms with Gasteiger partial charge in [0, 0.05) is 30.4 Å². The van der Waals surface area contributed by atoms with Crippen LogP contribution >= 0.6 is 11.3 Å². The number of nitrogens with two attached hydrogens (primary N) is 1. The number of nitrogens with zero attached hydrogens (tertiary/aromatic N) is 2. The van der Waals surface area contributed by atoms with Crippen LogP contribution in [0.5, 0.6) is 0 Å². The Morgan fingerprint density at radius 2 is 2.05 bits per heavy atom. The number of aromatic nitrogens is 1. The van der Waals surface area contributed by atoms with Gasteiger partial charge in [0.25, 0.3) is 0 Å². The summed E-state index contributed by atoms with van der Waals surface area (Å²) in [6.45, 7) is 10.2. The summed E-state index contributed by atoms with van der Waals surface area (Å²) in [5.41, 5.74) is 8.95. The molecule has 2 N–H and O–H groups in total. The van der Waals surface area contributed by atoms with Gasteiger partial charge in [-0.25, -0.2) is 4.98 Å². The second kappa shape index (κ2) is 5.13. The zero-order chi connectivity index (χ0) is 14.3. The van der Waals surface area contributed by atoms with Crippen LogP contribution in [0.25, 0.3) is 0 Å². The standard InChI is InChI=1S/C14H25N3OS/c1-13(2)11(12(15)14(3,4)18-13)7-17(5)6-10-8-19-9-16-10/h8-9,11-12H,6-7,15H2,1-5H3. The summed E-state index contributed by atoms with van der Waals surface area (Å²) in [7, 11) is 2.12. The second-order valence-corrected chi connectivity index (χ2v) is 7.34. The van der Waals surface area contributed by atoms with Gasteiger partial charge in [-0.1, -0.05) is 0 Å². The highest BCUT2D eigenvalue weighted by molar-refractivity contribution is 7.07. The van der Waals surface area contributed by atoms with Crippen LogP contribution in [0.4, 0.5) is 0 Å². The quantitative estimate of drug-likeness (QED) is 0.919. The van der Waals surface area contributed by atoms with Crippen molar-refractivity contribution in [3.8, 4) is 0 Å². The van der Waals surface area contributed by atoms with Crippen molar-refractivity contribution in [1.29, 1.82) is 0 Å². The van der Waals surface area contributed by atoms with E-state index in [0.717, 1.165) is 18.8 Å². The lowest BCUT2D eigenvalue weighted by molar-refractivity contribution is -0.0782. The van der Waals surface area contributed by atoms with Gasteiger partial charge in [0.2, 0.25) is 0 Å². The van der Waals surface area contributed by atoms with Crippen molar-refractivity contribution in [3.05, 3.63) is 16.6 Å². The van der Waals surface area contributed by atoms with Gasteiger partial charge >= 0.3 is 0 Å². The highest BCUT2D eigenvalue weighted by atomic mass is 32.1. The molecule has 0 amide bonds. The zero-order valence-electron chi connectivity index (χ0n) is 12.5. The van der Waals surface area contributed by atoms with Crippen LogP contribution in [0.15, 0.2) is 10.9 Å². The van der Waals surface area contributed by atoms with E-state index in [-0.39, 0.29) is 17.2 Å². The van der Waals surface area contributed by atoms with E-state index in [9.17, 15) is 0 Å². The van der Waals surface area contributed by atoms with Gasteiger partial charge in [0.1, 0.15) is 0 Å². The first kappa shape index (κ1) is 14.9. The molecule has 0 aliphatic carbocycles. The van der Waals surface area contributed by atoms with Gasteiger partial charge in [-0.3, -0.25) is 0 Å². The largest absolute Gasteiger partial charge is 0.368 e. The molecule has 0 saturated carbocycles. The minimum Gasteiger partial charge on any atom is -0.368 e. The first-order valence-electron chi connectivity index (χ1n) is 6.74. The Labute approximate surface area is 120 Å². The summed E-state index contributed by atoms with van der Waals surface area (Å²) in [6.07, 6.45) is 0. The maximum atomic E-state index is 6.39. The van der Waals surface area contributed by atoms with E-state index in [1.54, 1.807) is 11.3 Å². The van der Waals surface area contributed by atoms with Crippen molar-refractivity contribution in [2.45, 2.75) is 51.5 Å². The lowest BCUT2D eigenvalue weighted by Crippen LogP contribution is -2.47. The van der Waals surface area contributed by atoms with Crippen LogP contribution < -0.4 is 5.73 Å². The monoisotopic (exact) mass is 283 g/mol. The number of hydrogen-bond donors (Lipinski definition) is 1. The maximum Gasteiger partial charge on any atom is 0.0795 e. The molecular formula is C14H25N3OS. The van der Waals surface area contributed by atoms with Crippen LogP contribution in [0.2, 0.25) is 0 Å². The van der Waals surface area contributed by atoms with Gasteiger partial charge in [-0.05, 0) is 34.7 Å². The molecule has 108 valence electrons. The lowest BCUT2D eigenvalue weighted by Gasteiger charge is -2.31. The van der Waals surface area contributed by atoms with Gasteiger partial charge in [0.05, 0.1) is 22.4 Å². The molecule has 1 aliphatic heterocycles. The molecule has 0 bridgehead atoms. The van der Waals surface area contributed by atoms with Crippen LogP contribution in [-0.2, 0) is 11.3 Å². The third kappa shape index (κ3) is 3.16. The topological polar surface area (TPSA) is 51.4 Å². The Bertz CT molecular complexity index is 416. The summed E-state index contributed by atoms with van der Waals surface area (Å²) in [4.78, 5) is 6.61. The molecule has 1 aliphatic rings. The minimum atomic E-state index is -0.254. The van der Waals surface area contributed by atoms with E-state index in [0.29, 0.717) is 5.92 Å². The third-order valence-electron chi connectivity index (χ3n) is 4.08. The Morgan fingerprint density at radius 3 is 2.53 bits per heavy atom. The molecule has 2 atom stereocenters. The van der Waals surface area contributed by atoms with Crippen molar-refractivity contribution in [2.75, 3.05) is 13.6 Å². The lowest BCUT2D eigenvalue weighted by atomic mass is 9.83. The Balaban J connectivity index is 2.01. The van der Waals surface area contributed by atoms with Crippen molar-refractivity contribution < 1.29 is 4.74 Å². The first-order valence-corrected chi connectivity index (χ1v) is 7.68. The molecular weight excluding hydrogens is 258 g/mol. The normalized spacial score (nSPS) is 29.0. The highest BCUT2D eigenvalue weighted by Gasteiger charge is 2.52. The molecule has 1 aromatic rings. The molecule has 2 unspecified atom stereocenters. The van der Waals surface area contributed by atoms with E-state index in [1.165, 1.54) is 0 Å². The smallest absolute Gasteiger partial charge is 0.0795 e. The van der Waals surface area contributed by atoms with Crippen LogP contribution in [-0.4, -0.2) is 40.7 Å². The summed E-state index contributed by atoms with van der Waals surface area (Å²) >= 11 is 1.64. The van der Waals surface area contributed by atoms with Crippen molar-refractivity contribution in [3.63, 3.8) is 0 Å². The molecule has 2 rings (SSSR count). The summed E-state index contributed by atoms with van der Waals surface area (Å²) in [6, 6.07) is 0.0559. The highest BCUT2D eigenvalue weighted by Crippen LogP contribution is 2.41. The van der Waals surface area contributed by atoms with E-state index < -0.39 is 0 Å². The molecule has 0 aromatic carbocycles. The van der Waals surface area contributed by atoms with E-state index in [4.69, 9.17) is 10.5 Å². The number of hydrogen-bond acceptors (Lipinski definition) is 5. The predicted octanol–water partition coefficient (Wildman–Crippen LogP) is 2.11. The number of ether oxygens (including phenoxy) is 1. The average molecular weight is 283 g/mol. The summed E-state index contributed by atoms with van der Waals surface area (Å²) < 4.78 is 6.13. The molecule has 2 heterocycles. The molecule has 0 radical (unpaired) electrons. The van der Waals surface area contributed by atoms with E-state index in [1.807, 2.05) is 5.51 Å². The van der Waals surface area contributed by atoms with Crippen LogP contribution in [0.1, 0.15) is 33.4 Å². The summed E-state index contributed by atoms with van der Waals surface area (Å²) in [5, 5.41) is 2.09.